The minimum atomic E-state index is -0.973. The van der Waals surface area contributed by atoms with Crippen LogP contribution in [0.1, 0.15) is 61.1 Å². The first-order valence-electron chi connectivity index (χ1n) is 19.7. The van der Waals surface area contributed by atoms with Gasteiger partial charge in [0.25, 0.3) is 0 Å². The molecular weight excluding hydrogens is 761 g/mol. The quantitative estimate of drug-likeness (QED) is 0.126. The molecule has 0 N–H and O–H groups in total. The van der Waals surface area contributed by atoms with Gasteiger partial charge in [-0.2, -0.15) is 0 Å². The average Bonchev–Trinajstić information content (AvgIpc) is 3.55. The van der Waals surface area contributed by atoms with Gasteiger partial charge in [0.2, 0.25) is 11.4 Å². The zero-order valence-electron chi connectivity index (χ0n) is 34.9. The summed E-state index contributed by atoms with van der Waals surface area (Å²) in [6.45, 7) is 9.72. The molecule has 0 fully saturated rings. The summed E-state index contributed by atoms with van der Waals surface area (Å²) in [7, 11) is 6.47. The normalized spacial score (nSPS) is 20.7. The van der Waals surface area contributed by atoms with Gasteiger partial charge in [-0.15, -0.1) is 9.81 Å². The lowest BCUT2D eigenvalue weighted by Gasteiger charge is -2.47. The summed E-state index contributed by atoms with van der Waals surface area (Å²) < 4.78 is 37.1. The van der Waals surface area contributed by atoms with Crippen LogP contribution in [0.4, 0.5) is 22.7 Å². The number of nitrogens with zero attached hydrogens (tertiary/aromatic N) is 4. The summed E-state index contributed by atoms with van der Waals surface area (Å²) in [4.78, 5) is 27.7. The second-order valence-corrected chi connectivity index (χ2v) is 16.6. The lowest BCUT2D eigenvalue weighted by Crippen LogP contribution is -2.59. The number of fused-ring (bicyclic) bond motifs is 4. The first kappa shape index (κ1) is 38.7. The van der Waals surface area contributed by atoms with Crippen LogP contribution in [0.3, 0.4) is 0 Å². The fourth-order valence-electron chi connectivity index (χ4n) is 9.53. The van der Waals surface area contributed by atoms with Crippen molar-refractivity contribution in [3.05, 3.63) is 140 Å². The molecule has 9 rings (SSSR count). The van der Waals surface area contributed by atoms with E-state index in [2.05, 4.69) is 109 Å². The Bertz CT molecular complexity index is 2460. The molecule has 4 aliphatic rings. The Morgan fingerprint density at radius 2 is 0.933 bits per heavy atom. The van der Waals surface area contributed by atoms with Crippen LogP contribution in [0.25, 0.3) is 12.2 Å². The van der Waals surface area contributed by atoms with E-state index >= 15 is 0 Å². The van der Waals surface area contributed by atoms with Gasteiger partial charge in [-0.3, -0.25) is 0 Å². The van der Waals surface area contributed by atoms with Gasteiger partial charge < -0.3 is 38.2 Å². The number of nitroso groups, excluding NO2 is 2. The summed E-state index contributed by atoms with van der Waals surface area (Å²) in [5.74, 6) is 3.47. The van der Waals surface area contributed by atoms with E-state index in [-0.39, 0.29) is 11.4 Å². The lowest BCUT2D eigenvalue weighted by atomic mass is 9.76. The second kappa shape index (κ2) is 13.9. The Balaban J connectivity index is 1.08. The fraction of sp³-hybridized carbons (Fsp3) is 0.292. The van der Waals surface area contributed by atoms with E-state index < -0.39 is 22.3 Å². The SMILES string of the molecule is COc1ccc2c(c1)C(C)(C)C1(C=Cc3cc(N=O)cc(OC)c3O1)N2Cc1ccc(CN2c3ccc(OC)cc3C(C)(C)C23C=Cc2cc(N=O)cc(OC)c2O3)cc1. The Hall–Kier alpha value is -6.82. The number of anilines is 2. The van der Waals surface area contributed by atoms with Gasteiger partial charge in [0.05, 0.1) is 39.3 Å². The van der Waals surface area contributed by atoms with Gasteiger partial charge in [-0.05, 0) is 133 Å². The highest BCUT2D eigenvalue weighted by Crippen LogP contribution is 2.59. The molecule has 0 amide bonds. The number of methoxy groups -OCH3 is 4. The smallest absolute Gasteiger partial charge is 0.212 e. The summed E-state index contributed by atoms with van der Waals surface area (Å²) in [5, 5.41) is 6.32. The number of hydrogen-bond acceptors (Lipinski definition) is 12. The molecule has 4 heterocycles. The molecule has 12 nitrogen and oxygen atoms in total. The van der Waals surface area contributed by atoms with Crippen LogP contribution in [0, 0.1) is 9.81 Å². The van der Waals surface area contributed by atoms with Crippen LogP contribution in [0.5, 0.6) is 34.5 Å². The highest BCUT2D eigenvalue weighted by atomic mass is 16.6. The summed E-state index contributed by atoms with van der Waals surface area (Å²) in [5.41, 5.74) is 5.21. The van der Waals surface area contributed by atoms with Gasteiger partial charge in [0.15, 0.2) is 23.0 Å². The van der Waals surface area contributed by atoms with Crippen LogP contribution in [-0.4, -0.2) is 39.9 Å². The molecule has 0 saturated heterocycles. The summed E-state index contributed by atoms with van der Waals surface area (Å²) in [6.07, 6.45) is 8.13. The van der Waals surface area contributed by atoms with E-state index in [4.69, 9.17) is 28.4 Å². The molecule has 5 aromatic rings. The number of rotatable bonds is 10. The minimum absolute atomic E-state index is 0.262. The van der Waals surface area contributed by atoms with E-state index in [1.807, 2.05) is 24.3 Å². The maximum atomic E-state index is 11.5. The molecule has 12 heteroatoms. The van der Waals surface area contributed by atoms with Crippen molar-refractivity contribution in [2.24, 2.45) is 10.4 Å². The van der Waals surface area contributed by atoms with Crippen molar-refractivity contribution >= 4 is 34.9 Å². The lowest BCUT2D eigenvalue weighted by molar-refractivity contribution is 0.0491. The molecule has 306 valence electrons. The van der Waals surface area contributed by atoms with E-state index in [1.165, 1.54) is 0 Å². The van der Waals surface area contributed by atoms with Crippen molar-refractivity contribution < 1.29 is 28.4 Å². The zero-order valence-corrected chi connectivity index (χ0v) is 34.9. The summed E-state index contributed by atoms with van der Waals surface area (Å²) in [6, 6.07) is 27.5. The molecule has 5 aromatic carbocycles. The zero-order chi connectivity index (χ0) is 42.2. The third-order valence-electron chi connectivity index (χ3n) is 12.9. The van der Waals surface area contributed by atoms with Crippen LogP contribution >= 0.6 is 0 Å². The predicted molar refractivity (Wildman–Crippen MR) is 233 cm³/mol. The first-order valence-corrected chi connectivity index (χ1v) is 19.7. The Kier molecular flexibility index (Phi) is 8.96. The Labute approximate surface area is 348 Å². The molecule has 2 unspecified atom stereocenters. The molecule has 60 heavy (non-hydrogen) atoms. The van der Waals surface area contributed by atoms with Crippen LogP contribution < -0.4 is 38.2 Å². The van der Waals surface area contributed by atoms with Crippen molar-refractivity contribution in [1.29, 1.82) is 0 Å². The second-order valence-electron chi connectivity index (χ2n) is 16.6. The third kappa shape index (κ3) is 5.49. The molecule has 0 bridgehead atoms. The van der Waals surface area contributed by atoms with E-state index in [0.717, 1.165) is 45.1 Å². The van der Waals surface area contributed by atoms with Crippen molar-refractivity contribution in [2.45, 2.75) is 63.1 Å². The van der Waals surface area contributed by atoms with Gasteiger partial charge >= 0.3 is 0 Å². The standard InChI is InChI=1S/C48H46N4O8/c1-45(2)37-25-35(55-5)13-15-39(37)51(47(45)19-17-31-21-33(49-53)23-41(57-7)43(31)59-47)27-29-9-11-30(12-10-29)28-52-40-16-14-36(56-6)26-38(40)46(3,4)48(52)20-18-32-22-34(50-54)24-42(58-8)44(32)60-48/h9-26H,27-28H2,1-8H3. The molecule has 0 saturated carbocycles. The molecule has 2 atom stereocenters. The molecule has 0 aliphatic carbocycles. The van der Waals surface area contributed by atoms with Crippen molar-refractivity contribution in [1.82, 2.24) is 0 Å². The van der Waals surface area contributed by atoms with E-state index in [1.54, 1.807) is 52.7 Å². The van der Waals surface area contributed by atoms with Gasteiger partial charge in [0.1, 0.15) is 22.9 Å². The van der Waals surface area contributed by atoms with Gasteiger partial charge in [-0.25, -0.2) is 0 Å². The average molecular weight is 807 g/mol. The van der Waals surface area contributed by atoms with Gasteiger partial charge in [-0.1, -0.05) is 24.3 Å². The largest absolute Gasteiger partial charge is 0.497 e. The highest BCUT2D eigenvalue weighted by Gasteiger charge is 2.61. The van der Waals surface area contributed by atoms with Crippen molar-refractivity contribution in [2.75, 3.05) is 38.2 Å². The fourth-order valence-corrected chi connectivity index (χ4v) is 9.53. The molecule has 0 radical (unpaired) electrons. The van der Waals surface area contributed by atoms with Crippen LogP contribution in [0.15, 0.2) is 107 Å². The number of hydrogen-bond donors (Lipinski definition) is 0. The highest BCUT2D eigenvalue weighted by molar-refractivity contribution is 5.78. The maximum Gasteiger partial charge on any atom is 0.212 e. The van der Waals surface area contributed by atoms with E-state index in [0.29, 0.717) is 47.2 Å². The molecule has 2 spiro atoms. The number of ether oxygens (including phenoxy) is 6. The number of benzene rings is 5. The third-order valence-corrected chi connectivity index (χ3v) is 12.9. The minimum Gasteiger partial charge on any atom is -0.497 e. The van der Waals surface area contributed by atoms with Crippen molar-refractivity contribution in [3.8, 4) is 34.5 Å². The van der Waals surface area contributed by atoms with Crippen LogP contribution in [0.2, 0.25) is 0 Å². The Morgan fingerprint density at radius 1 is 0.533 bits per heavy atom. The van der Waals surface area contributed by atoms with Crippen LogP contribution in [-0.2, 0) is 23.9 Å². The molecule has 4 aliphatic heterocycles. The predicted octanol–water partition coefficient (Wildman–Crippen LogP) is 10.7. The van der Waals surface area contributed by atoms with Crippen molar-refractivity contribution in [3.63, 3.8) is 0 Å². The maximum absolute atomic E-state index is 11.5. The Morgan fingerprint density at radius 3 is 1.28 bits per heavy atom. The first-order chi connectivity index (χ1) is 28.9. The topological polar surface area (TPSA) is 121 Å². The molecule has 0 aromatic heterocycles. The van der Waals surface area contributed by atoms with Gasteiger partial charge in [0, 0.05) is 47.7 Å². The summed E-state index contributed by atoms with van der Waals surface area (Å²) >= 11 is 0. The monoisotopic (exact) mass is 806 g/mol. The van der Waals surface area contributed by atoms with E-state index in [9.17, 15) is 9.81 Å². The molecular formula is C48H46N4O8.